The molecule has 0 aliphatic carbocycles. The molecule has 1 N–H and O–H groups in total. The van der Waals surface area contributed by atoms with Gasteiger partial charge in [0.1, 0.15) is 5.52 Å². The van der Waals surface area contributed by atoms with Gasteiger partial charge < -0.3 is 15.0 Å². The molecule has 23 heavy (non-hydrogen) atoms. The van der Waals surface area contributed by atoms with E-state index in [0.717, 1.165) is 36.4 Å². The zero-order valence-corrected chi connectivity index (χ0v) is 13.7. The third-order valence-electron chi connectivity index (χ3n) is 4.36. The van der Waals surface area contributed by atoms with Crippen LogP contribution in [0.25, 0.3) is 5.52 Å². The summed E-state index contributed by atoms with van der Waals surface area (Å²) in [4.78, 5) is 18.9. The molecule has 0 radical (unpaired) electrons. The fourth-order valence-corrected chi connectivity index (χ4v) is 3.12. The summed E-state index contributed by atoms with van der Waals surface area (Å²) in [5.74, 6) is 1.23. The zero-order valence-electron chi connectivity index (χ0n) is 13.7. The van der Waals surface area contributed by atoms with Crippen LogP contribution in [0.2, 0.25) is 0 Å². The first-order valence-electron chi connectivity index (χ1n) is 8.01. The molecule has 0 unspecified atom stereocenters. The second-order valence-electron chi connectivity index (χ2n) is 5.85. The van der Waals surface area contributed by atoms with Gasteiger partial charge in [0.25, 0.3) is 0 Å². The minimum Gasteiger partial charge on any atom is -0.384 e. The number of hydrogen-bond acceptors (Lipinski definition) is 5. The first-order valence-corrected chi connectivity index (χ1v) is 8.01. The van der Waals surface area contributed by atoms with Crippen LogP contribution in [0, 0.1) is 0 Å². The van der Waals surface area contributed by atoms with Crippen LogP contribution < -0.4 is 5.32 Å². The van der Waals surface area contributed by atoms with Crippen LogP contribution >= 0.6 is 0 Å². The van der Waals surface area contributed by atoms with E-state index < -0.39 is 0 Å². The van der Waals surface area contributed by atoms with Crippen LogP contribution in [0.15, 0.2) is 18.5 Å². The summed E-state index contributed by atoms with van der Waals surface area (Å²) in [5.41, 5.74) is 1.94. The Labute approximate surface area is 135 Å². The summed E-state index contributed by atoms with van der Waals surface area (Å²) in [6.45, 7) is 2.01. The molecular weight excluding hydrogens is 294 g/mol. The molecule has 1 aliphatic heterocycles. The second-order valence-corrected chi connectivity index (χ2v) is 5.85. The van der Waals surface area contributed by atoms with Gasteiger partial charge in [-0.05, 0) is 18.9 Å². The van der Waals surface area contributed by atoms with Gasteiger partial charge in [-0.1, -0.05) is 0 Å². The van der Waals surface area contributed by atoms with Gasteiger partial charge in [-0.25, -0.2) is 9.50 Å². The number of nitrogens with one attached hydrogen (secondary N) is 1. The molecule has 1 amide bonds. The van der Waals surface area contributed by atoms with Crippen molar-refractivity contribution in [2.45, 2.75) is 25.2 Å². The van der Waals surface area contributed by atoms with E-state index in [2.05, 4.69) is 10.4 Å². The highest BCUT2D eigenvalue weighted by molar-refractivity contribution is 5.76. The number of ether oxygens (including phenoxy) is 1. The number of amides is 1. The lowest BCUT2D eigenvalue weighted by Gasteiger charge is -2.32. The van der Waals surface area contributed by atoms with E-state index in [9.17, 15) is 4.79 Å². The number of piperidine rings is 1. The van der Waals surface area contributed by atoms with Crippen molar-refractivity contribution in [3.63, 3.8) is 0 Å². The van der Waals surface area contributed by atoms with Gasteiger partial charge in [0.2, 0.25) is 5.91 Å². The lowest BCUT2D eigenvalue weighted by atomic mass is 9.94. The van der Waals surface area contributed by atoms with Crippen LogP contribution in [0.5, 0.6) is 0 Å². The van der Waals surface area contributed by atoms with E-state index in [1.807, 2.05) is 28.7 Å². The number of nitrogens with zero attached hydrogens (tertiary/aromatic N) is 4. The highest BCUT2D eigenvalue weighted by atomic mass is 16.5. The Hall–Kier alpha value is -2.15. The molecule has 7 nitrogen and oxygen atoms in total. The maximum atomic E-state index is 12.2. The SMILES string of the molecule is CNc1nc([C@@H]2CCCN(C(=O)CCOC)C2)cn2nccc12. The Kier molecular flexibility index (Phi) is 4.76. The highest BCUT2D eigenvalue weighted by Gasteiger charge is 2.26. The molecular formula is C16H23N5O2. The molecule has 1 aliphatic rings. The molecule has 124 valence electrons. The minimum atomic E-state index is 0.158. The number of anilines is 1. The molecule has 0 bridgehead atoms. The number of likely N-dealkylation sites (tertiary alicyclic amines) is 1. The number of carbonyl (C=O) groups excluding carboxylic acids is 1. The first kappa shape index (κ1) is 15.7. The normalized spacial score (nSPS) is 18.3. The van der Waals surface area contributed by atoms with Crippen molar-refractivity contribution in [1.82, 2.24) is 19.5 Å². The van der Waals surface area contributed by atoms with Gasteiger partial charge in [-0.15, -0.1) is 0 Å². The smallest absolute Gasteiger partial charge is 0.224 e. The van der Waals surface area contributed by atoms with Crippen LogP contribution in [-0.4, -0.2) is 59.3 Å². The molecule has 0 aromatic carbocycles. The van der Waals surface area contributed by atoms with Gasteiger partial charge in [0, 0.05) is 33.2 Å². The van der Waals surface area contributed by atoms with Gasteiger partial charge in [0.05, 0.1) is 31.1 Å². The first-order chi connectivity index (χ1) is 11.2. The number of hydrogen-bond donors (Lipinski definition) is 1. The largest absolute Gasteiger partial charge is 0.384 e. The minimum absolute atomic E-state index is 0.158. The Morgan fingerprint density at radius 3 is 3.17 bits per heavy atom. The number of methoxy groups -OCH3 is 1. The average molecular weight is 317 g/mol. The van der Waals surface area contributed by atoms with Crippen molar-refractivity contribution in [2.24, 2.45) is 0 Å². The number of carbonyl (C=O) groups is 1. The van der Waals surface area contributed by atoms with E-state index in [1.165, 1.54) is 0 Å². The second kappa shape index (κ2) is 6.95. The average Bonchev–Trinajstić information content (AvgIpc) is 3.07. The predicted molar refractivity (Wildman–Crippen MR) is 87.6 cm³/mol. The van der Waals surface area contributed by atoms with Crippen molar-refractivity contribution >= 4 is 17.2 Å². The molecule has 0 spiro atoms. The fourth-order valence-electron chi connectivity index (χ4n) is 3.12. The molecule has 1 saturated heterocycles. The highest BCUT2D eigenvalue weighted by Crippen LogP contribution is 2.28. The lowest BCUT2D eigenvalue weighted by Crippen LogP contribution is -2.39. The summed E-state index contributed by atoms with van der Waals surface area (Å²) in [6.07, 6.45) is 6.22. The monoisotopic (exact) mass is 317 g/mol. The zero-order chi connectivity index (χ0) is 16.2. The summed E-state index contributed by atoms with van der Waals surface area (Å²) in [7, 11) is 3.48. The third-order valence-corrected chi connectivity index (χ3v) is 4.36. The standard InChI is InChI=1S/C16H23N5O2/c1-17-16-14-5-7-18-21(14)11-13(19-16)12-4-3-8-20(10-12)15(22)6-9-23-2/h5,7,11-12H,3-4,6,8-10H2,1-2H3,(H,17,19)/t12-/m1/s1. The van der Waals surface area contributed by atoms with E-state index in [0.29, 0.717) is 19.6 Å². The van der Waals surface area contributed by atoms with Gasteiger partial charge >= 0.3 is 0 Å². The molecule has 2 aromatic heterocycles. The van der Waals surface area contributed by atoms with Crippen LogP contribution in [-0.2, 0) is 9.53 Å². The van der Waals surface area contributed by atoms with Crippen LogP contribution in [0.1, 0.15) is 30.9 Å². The molecule has 7 heteroatoms. The van der Waals surface area contributed by atoms with Gasteiger partial charge in [-0.2, -0.15) is 5.10 Å². The number of aromatic nitrogens is 3. The molecule has 1 atom stereocenters. The van der Waals surface area contributed by atoms with Crippen molar-refractivity contribution < 1.29 is 9.53 Å². The molecule has 1 fully saturated rings. The summed E-state index contributed by atoms with van der Waals surface area (Å²) >= 11 is 0. The molecule has 2 aromatic rings. The maximum Gasteiger partial charge on any atom is 0.224 e. The molecule has 3 heterocycles. The summed E-state index contributed by atoms with van der Waals surface area (Å²) < 4.78 is 6.85. The van der Waals surface area contributed by atoms with Crippen LogP contribution in [0.3, 0.4) is 0 Å². The fraction of sp³-hybridized carbons (Fsp3) is 0.562. The van der Waals surface area contributed by atoms with Crippen molar-refractivity contribution in [3.8, 4) is 0 Å². The molecule has 3 rings (SSSR count). The maximum absolute atomic E-state index is 12.2. The van der Waals surface area contributed by atoms with E-state index >= 15 is 0 Å². The van der Waals surface area contributed by atoms with E-state index in [1.54, 1.807) is 13.3 Å². The van der Waals surface area contributed by atoms with Crippen molar-refractivity contribution in [3.05, 3.63) is 24.2 Å². The summed E-state index contributed by atoms with van der Waals surface area (Å²) in [5, 5.41) is 7.45. The van der Waals surface area contributed by atoms with Gasteiger partial charge in [-0.3, -0.25) is 4.79 Å². The Morgan fingerprint density at radius 1 is 1.52 bits per heavy atom. The number of rotatable bonds is 5. The Balaban J connectivity index is 1.79. The lowest BCUT2D eigenvalue weighted by molar-refractivity contribution is -0.133. The van der Waals surface area contributed by atoms with Crippen molar-refractivity contribution in [2.75, 3.05) is 39.2 Å². The van der Waals surface area contributed by atoms with Crippen molar-refractivity contribution in [1.29, 1.82) is 0 Å². The van der Waals surface area contributed by atoms with E-state index in [4.69, 9.17) is 9.72 Å². The molecule has 0 saturated carbocycles. The van der Waals surface area contributed by atoms with Gasteiger partial charge in [0.15, 0.2) is 5.82 Å². The predicted octanol–water partition coefficient (Wildman–Crippen LogP) is 1.51. The van der Waals surface area contributed by atoms with Crippen LogP contribution in [0.4, 0.5) is 5.82 Å². The number of fused-ring (bicyclic) bond motifs is 1. The Morgan fingerprint density at radius 2 is 2.39 bits per heavy atom. The van der Waals surface area contributed by atoms with E-state index in [-0.39, 0.29) is 11.8 Å². The quantitative estimate of drug-likeness (QED) is 0.905. The Bertz CT molecular complexity index is 684. The summed E-state index contributed by atoms with van der Waals surface area (Å²) in [6, 6.07) is 1.93. The third kappa shape index (κ3) is 3.29. The topological polar surface area (TPSA) is 71.8 Å².